The molecular weight excluding hydrogens is 254 g/mol. The van der Waals surface area contributed by atoms with Gasteiger partial charge in [0.1, 0.15) is 11.4 Å². The van der Waals surface area contributed by atoms with E-state index in [0.717, 1.165) is 17.0 Å². The van der Waals surface area contributed by atoms with Gasteiger partial charge in [-0.15, -0.1) is 0 Å². The highest BCUT2D eigenvalue weighted by molar-refractivity contribution is 5.92. The molecule has 5 heteroatoms. The fraction of sp³-hybridized carbons (Fsp3) is 0.333. The average molecular weight is 271 g/mol. The molecule has 1 aliphatic rings. The van der Waals surface area contributed by atoms with Gasteiger partial charge < -0.3 is 10.1 Å². The van der Waals surface area contributed by atoms with E-state index in [1.807, 2.05) is 30.3 Å². The van der Waals surface area contributed by atoms with E-state index in [1.54, 1.807) is 7.11 Å². The number of H-pyrrole nitrogens is 1. The molecule has 1 aliphatic carbocycles. The summed E-state index contributed by atoms with van der Waals surface area (Å²) in [4.78, 5) is 12.0. The Labute approximate surface area is 117 Å². The summed E-state index contributed by atoms with van der Waals surface area (Å²) in [6, 6.07) is 9.46. The first-order chi connectivity index (χ1) is 9.76. The third kappa shape index (κ3) is 2.82. The molecule has 1 amide bonds. The van der Waals surface area contributed by atoms with Gasteiger partial charge in [-0.3, -0.25) is 9.89 Å². The van der Waals surface area contributed by atoms with Gasteiger partial charge in [-0.2, -0.15) is 5.10 Å². The van der Waals surface area contributed by atoms with Crippen LogP contribution in [-0.2, 0) is 6.54 Å². The Morgan fingerprint density at radius 1 is 1.40 bits per heavy atom. The molecule has 0 spiro atoms. The van der Waals surface area contributed by atoms with E-state index >= 15 is 0 Å². The molecule has 2 aromatic rings. The minimum absolute atomic E-state index is 0.149. The maximum absolute atomic E-state index is 12.0. The number of carbonyl (C=O) groups is 1. The van der Waals surface area contributed by atoms with Crippen LogP contribution in [0.1, 0.15) is 40.5 Å². The lowest BCUT2D eigenvalue weighted by Crippen LogP contribution is -2.23. The highest BCUT2D eigenvalue weighted by atomic mass is 16.5. The number of nitrogens with one attached hydrogen (secondary N) is 2. The van der Waals surface area contributed by atoms with Crippen molar-refractivity contribution < 1.29 is 9.53 Å². The number of benzene rings is 1. The Morgan fingerprint density at radius 2 is 2.15 bits per heavy atom. The van der Waals surface area contributed by atoms with Crippen LogP contribution in [0.4, 0.5) is 0 Å². The molecule has 0 saturated heterocycles. The molecule has 2 N–H and O–H groups in total. The lowest BCUT2D eigenvalue weighted by molar-refractivity contribution is 0.0946. The van der Waals surface area contributed by atoms with Gasteiger partial charge in [-0.25, -0.2) is 0 Å². The van der Waals surface area contributed by atoms with Crippen LogP contribution >= 0.6 is 0 Å². The number of hydrogen-bond donors (Lipinski definition) is 2. The summed E-state index contributed by atoms with van der Waals surface area (Å²) in [5.41, 5.74) is 2.55. The van der Waals surface area contributed by atoms with E-state index in [4.69, 9.17) is 4.74 Å². The molecule has 20 heavy (non-hydrogen) atoms. The van der Waals surface area contributed by atoms with Crippen molar-refractivity contribution in [2.45, 2.75) is 25.3 Å². The first-order valence-electron chi connectivity index (χ1n) is 6.72. The zero-order valence-electron chi connectivity index (χ0n) is 11.3. The maximum Gasteiger partial charge on any atom is 0.272 e. The number of aromatic amines is 1. The molecule has 5 nitrogen and oxygen atoms in total. The maximum atomic E-state index is 12.0. The third-order valence-electron chi connectivity index (χ3n) is 3.46. The van der Waals surface area contributed by atoms with Gasteiger partial charge in [0, 0.05) is 18.2 Å². The van der Waals surface area contributed by atoms with Crippen LogP contribution in [0.25, 0.3) is 0 Å². The van der Waals surface area contributed by atoms with E-state index in [0.29, 0.717) is 18.2 Å². The van der Waals surface area contributed by atoms with Crippen LogP contribution < -0.4 is 10.1 Å². The number of nitrogens with zero attached hydrogens (tertiary/aromatic N) is 1. The number of methoxy groups -OCH3 is 1. The predicted molar refractivity (Wildman–Crippen MR) is 74.7 cm³/mol. The minimum atomic E-state index is -0.149. The minimum Gasteiger partial charge on any atom is -0.497 e. The molecule has 104 valence electrons. The van der Waals surface area contributed by atoms with Crippen molar-refractivity contribution in [3.8, 4) is 5.75 Å². The normalized spacial score (nSPS) is 14.1. The van der Waals surface area contributed by atoms with Crippen molar-refractivity contribution in [2.75, 3.05) is 7.11 Å². The number of carbonyl (C=O) groups excluding carboxylic acids is 1. The van der Waals surface area contributed by atoms with Crippen LogP contribution in [0.15, 0.2) is 30.3 Å². The van der Waals surface area contributed by atoms with Crippen molar-refractivity contribution in [2.24, 2.45) is 0 Å². The summed E-state index contributed by atoms with van der Waals surface area (Å²) in [7, 11) is 1.63. The van der Waals surface area contributed by atoms with E-state index in [-0.39, 0.29) is 5.91 Å². The number of rotatable bonds is 5. The van der Waals surface area contributed by atoms with Crippen LogP contribution in [0, 0.1) is 0 Å². The molecule has 0 radical (unpaired) electrons. The highest BCUT2D eigenvalue weighted by Crippen LogP contribution is 2.38. The van der Waals surface area contributed by atoms with Crippen molar-refractivity contribution in [1.29, 1.82) is 0 Å². The Hall–Kier alpha value is -2.30. The topological polar surface area (TPSA) is 67.0 Å². The van der Waals surface area contributed by atoms with Crippen molar-refractivity contribution >= 4 is 5.91 Å². The Kier molecular flexibility index (Phi) is 3.41. The van der Waals surface area contributed by atoms with Crippen LogP contribution in [-0.4, -0.2) is 23.2 Å². The molecule has 3 rings (SSSR count). The van der Waals surface area contributed by atoms with E-state index < -0.39 is 0 Å². The number of aromatic nitrogens is 2. The molecule has 0 atom stereocenters. The largest absolute Gasteiger partial charge is 0.497 e. The second kappa shape index (κ2) is 5.36. The lowest BCUT2D eigenvalue weighted by atomic mass is 10.2. The van der Waals surface area contributed by atoms with Gasteiger partial charge in [0.2, 0.25) is 0 Å². The summed E-state index contributed by atoms with van der Waals surface area (Å²) in [5.74, 6) is 1.23. The molecule has 1 saturated carbocycles. The van der Waals surface area contributed by atoms with Crippen molar-refractivity contribution in [3.63, 3.8) is 0 Å². The van der Waals surface area contributed by atoms with Crippen LogP contribution in [0.5, 0.6) is 5.75 Å². The van der Waals surface area contributed by atoms with Crippen LogP contribution in [0.2, 0.25) is 0 Å². The third-order valence-corrected chi connectivity index (χ3v) is 3.46. The number of amides is 1. The average Bonchev–Trinajstić information content (AvgIpc) is 3.22. The van der Waals surface area contributed by atoms with Gasteiger partial charge >= 0.3 is 0 Å². The predicted octanol–water partition coefficient (Wildman–Crippen LogP) is 2.23. The summed E-state index contributed by atoms with van der Waals surface area (Å²) < 4.78 is 5.09. The smallest absolute Gasteiger partial charge is 0.272 e. The van der Waals surface area contributed by atoms with E-state index in [2.05, 4.69) is 15.5 Å². The van der Waals surface area contributed by atoms with Gasteiger partial charge in [0.15, 0.2) is 0 Å². The second-order valence-electron chi connectivity index (χ2n) is 5.01. The molecule has 1 fully saturated rings. The quantitative estimate of drug-likeness (QED) is 0.876. The molecule has 0 bridgehead atoms. The van der Waals surface area contributed by atoms with Crippen molar-refractivity contribution in [3.05, 3.63) is 47.3 Å². The first-order valence-corrected chi connectivity index (χ1v) is 6.72. The summed E-state index contributed by atoms with van der Waals surface area (Å²) in [6.45, 7) is 0.481. The Bertz CT molecular complexity index is 600. The van der Waals surface area contributed by atoms with Gasteiger partial charge in [0.05, 0.1) is 7.11 Å². The number of hydrogen-bond acceptors (Lipinski definition) is 3. The summed E-state index contributed by atoms with van der Waals surface area (Å²) in [6.07, 6.45) is 2.38. The highest BCUT2D eigenvalue weighted by Gasteiger charge is 2.26. The monoisotopic (exact) mass is 271 g/mol. The molecule has 1 aromatic carbocycles. The summed E-state index contributed by atoms with van der Waals surface area (Å²) in [5, 5.41) is 9.86. The molecule has 1 aromatic heterocycles. The second-order valence-corrected chi connectivity index (χ2v) is 5.01. The lowest BCUT2D eigenvalue weighted by Gasteiger charge is -2.04. The SMILES string of the molecule is COc1ccc(CNC(=O)c2cc(C3CC3)[nH]n2)cc1. The van der Waals surface area contributed by atoms with Crippen LogP contribution in [0.3, 0.4) is 0 Å². The Balaban J connectivity index is 1.57. The molecule has 0 aliphatic heterocycles. The van der Waals surface area contributed by atoms with Gasteiger partial charge in [-0.05, 0) is 36.6 Å². The van der Waals surface area contributed by atoms with Gasteiger partial charge in [0.25, 0.3) is 5.91 Å². The van der Waals surface area contributed by atoms with E-state index in [1.165, 1.54) is 12.8 Å². The number of ether oxygens (including phenoxy) is 1. The molecule has 1 heterocycles. The fourth-order valence-corrected chi connectivity index (χ4v) is 2.07. The van der Waals surface area contributed by atoms with Gasteiger partial charge in [-0.1, -0.05) is 12.1 Å². The first kappa shape index (κ1) is 12.7. The zero-order chi connectivity index (χ0) is 13.9. The van der Waals surface area contributed by atoms with E-state index in [9.17, 15) is 4.79 Å². The molecule has 0 unspecified atom stereocenters. The van der Waals surface area contributed by atoms with Crippen molar-refractivity contribution in [1.82, 2.24) is 15.5 Å². The summed E-state index contributed by atoms with van der Waals surface area (Å²) >= 11 is 0. The standard InChI is InChI=1S/C15H17N3O2/c1-20-12-6-2-10(3-7-12)9-16-15(19)14-8-13(17-18-14)11-4-5-11/h2-3,6-8,11H,4-5,9H2,1H3,(H,16,19)(H,17,18). The molecular formula is C15H17N3O2. The fourth-order valence-electron chi connectivity index (χ4n) is 2.07. The Morgan fingerprint density at radius 3 is 2.80 bits per heavy atom. The zero-order valence-corrected chi connectivity index (χ0v) is 11.3.